The van der Waals surface area contributed by atoms with Gasteiger partial charge in [0.15, 0.2) is 6.61 Å². The van der Waals surface area contributed by atoms with E-state index >= 15 is 0 Å². The summed E-state index contributed by atoms with van der Waals surface area (Å²) >= 11 is 0. The van der Waals surface area contributed by atoms with Crippen molar-refractivity contribution in [2.45, 2.75) is 26.8 Å². The minimum atomic E-state index is -0.0664. The minimum Gasteiger partial charge on any atom is -0.484 e. The molecular weight excluding hydrogens is 302 g/mol. The van der Waals surface area contributed by atoms with Crippen molar-refractivity contribution in [2.75, 3.05) is 20.3 Å². The number of ether oxygens (including phenoxy) is 1. The van der Waals surface area contributed by atoms with Gasteiger partial charge in [0.05, 0.1) is 0 Å². The number of aliphatic hydroxyl groups excluding tert-OH is 1. The molecule has 0 aliphatic carbocycles. The number of amides is 1. The highest BCUT2D eigenvalue weighted by Gasteiger charge is 2.10. The molecule has 2 rings (SSSR count). The summed E-state index contributed by atoms with van der Waals surface area (Å²) in [4.78, 5) is 13.7. The number of benzene rings is 2. The maximum absolute atomic E-state index is 12.1. The summed E-state index contributed by atoms with van der Waals surface area (Å²) < 4.78 is 5.51. The monoisotopic (exact) mass is 329 g/mol. The van der Waals surface area contributed by atoms with Crippen LogP contribution < -0.4 is 4.74 Å². The minimum absolute atomic E-state index is 0.0165. The van der Waals surface area contributed by atoms with E-state index in [2.05, 4.69) is 0 Å². The zero-order chi connectivity index (χ0) is 17.8. The molecular formula is C20H27NO3. The van der Waals surface area contributed by atoms with E-state index in [4.69, 9.17) is 9.84 Å². The van der Waals surface area contributed by atoms with Gasteiger partial charge in [-0.05, 0) is 29.7 Å². The van der Waals surface area contributed by atoms with E-state index in [0.29, 0.717) is 18.7 Å². The smallest absolute Gasteiger partial charge is 0.260 e. The molecule has 2 aromatic carbocycles. The Balaban J connectivity index is 0.00000139. The van der Waals surface area contributed by atoms with Crippen molar-refractivity contribution in [3.63, 3.8) is 0 Å². The Morgan fingerprint density at radius 2 is 1.62 bits per heavy atom. The van der Waals surface area contributed by atoms with E-state index in [1.54, 1.807) is 11.9 Å². The van der Waals surface area contributed by atoms with Crippen LogP contribution in [0.5, 0.6) is 5.75 Å². The number of likely N-dealkylation sites (N-methyl/N-ethyl adjacent to an activating group) is 1. The highest BCUT2D eigenvalue weighted by molar-refractivity contribution is 5.77. The van der Waals surface area contributed by atoms with Gasteiger partial charge >= 0.3 is 0 Å². The van der Waals surface area contributed by atoms with Crippen LogP contribution in [0.4, 0.5) is 0 Å². The molecule has 0 fully saturated rings. The van der Waals surface area contributed by atoms with Crippen molar-refractivity contribution in [3.8, 4) is 5.75 Å². The fourth-order valence-electron chi connectivity index (χ4n) is 2.08. The molecule has 0 bridgehead atoms. The zero-order valence-corrected chi connectivity index (χ0v) is 14.7. The highest BCUT2D eigenvalue weighted by Crippen LogP contribution is 2.13. The van der Waals surface area contributed by atoms with Crippen LogP contribution in [0.3, 0.4) is 0 Å². The van der Waals surface area contributed by atoms with Gasteiger partial charge in [0.25, 0.3) is 5.91 Å². The molecule has 0 spiro atoms. The first kappa shape index (κ1) is 19.7. The van der Waals surface area contributed by atoms with Gasteiger partial charge in [0.1, 0.15) is 5.75 Å². The molecule has 0 unspecified atom stereocenters. The molecule has 0 aliphatic rings. The number of carbonyl (C=O) groups is 1. The Labute approximate surface area is 144 Å². The van der Waals surface area contributed by atoms with Gasteiger partial charge in [-0.3, -0.25) is 4.79 Å². The van der Waals surface area contributed by atoms with Crippen LogP contribution >= 0.6 is 0 Å². The van der Waals surface area contributed by atoms with Crippen LogP contribution in [0.2, 0.25) is 0 Å². The number of rotatable bonds is 7. The Hall–Kier alpha value is -2.33. The van der Waals surface area contributed by atoms with E-state index in [0.717, 1.165) is 11.1 Å². The van der Waals surface area contributed by atoms with Gasteiger partial charge in [0.2, 0.25) is 0 Å². The summed E-state index contributed by atoms with van der Waals surface area (Å²) in [5.41, 5.74) is 2.13. The zero-order valence-electron chi connectivity index (χ0n) is 14.7. The molecule has 130 valence electrons. The SMILES string of the molecule is CC.CN(Cc1ccccc1)C(=O)COc1ccc(CCO)cc1. The Kier molecular flexibility index (Phi) is 9.24. The molecule has 0 atom stereocenters. The van der Waals surface area contributed by atoms with E-state index in [-0.39, 0.29) is 19.1 Å². The standard InChI is InChI=1S/C18H21NO3.C2H6/c1-19(13-16-5-3-2-4-6-16)18(21)14-22-17-9-7-15(8-10-17)11-12-20;1-2/h2-10,20H,11-14H2,1H3;1-2H3. The van der Waals surface area contributed by atoms with Gasteiger partial charge in [-0.2, -0.15) is 0 Å². The number of aliphatic hydroxyl groups is 1. The molecule has 1 N–H and O–H groups in total. The predicted octanol–water partition coefficient (Wildman–Crippen LogP) is 3.29. The quantitative estimate of drug-likeness (QED) is 0.848. The van der Waals surface area contributed by atoms with Crippen molar-refractivity contribution in [1.82, 2.24) is 4.90 Å². The molecule has 24 heavy (non-hydrogen) atoms. The molecule has 1 amide bonds. The topological polar surface area (TPSA) is 49.8 Å². The lowest BCUT2D eigenvalue weighted by atomic mass is 10.1. The molecule has 0 radical (unpaired) electrons. The fourth-order valence-corrected chi connectivity index (χ4v) is 2.08. The van der Waals surface area contributed by atoms with Gasteiger partial charge in [-0.1, -0.05) is 56.3 Å². The third-order valence-corrected chi connectivity index (χ3v) is 3.37. The third-order valence-electron chi connectivity index (χ3n) is 3.37. The van der Waals surface area contributed by atoms with E-state index in [1.807, 2.05) is 68.4 Å². The summed E-state index contributed by atoms with van der Waals surface area (Å²) in [5.74, 6) is 0.589. The second kappa shape index (κ2) is 11.2. The number of hydrogen-bond acceptors (Lipinski definition) is 3. The molecule has 0 aliphatic heterocycles. The van der Waals surface area contributed by atoms with Crippen LogP contribution in [-0.2, 0) is 17.8 Å². The second-order valence-corrected chi connectivity index (χ2v) is 5.14. The summed E-state index contributed by atoms with van der Waals surface area (Å²) in [6.07, 6.45) is 0.624. The van der Waals surface area contributed by atoms with E-state index < -0.39 is 0 Å². The molecule has 0 heterocycles. The molecule has 4 nitrogen and oxygen atoms in total. The van der Waals surface area contributed by atoms with Gasteiger partial charge in [0, 0.05) is 20.2 Å². The normalized spacial score (nSPS) is 9.67. The molecule has 0 saturated carbocycles. The van der Waals surface area contributed by atoms with Crippen molar-refractivity contribution in [3.05, 3.63) is 65.7 Å². The summed E-state index contributed by atoms with van der Waals surface area (Å²) in [7, 11) is 1.77. The van der Waals surface area contributed by atoms with E-state index in [9.17, 15) is 4.79 Å². The second-order valence-electron chi connectivity index (χ2n) is 5.14. The van der Waals surface area contributed by atoms with Gasteiger partial charge in [-0.25, -0.2) is 0 Å². The molecule has 0 aromatic heterocycles. The summed E-state index contributed by atoms with van der Waals surface area (Å²) in [6, 6.07) is 17.3. The number of carbonyl (C=O) groups excluding carboxylic acids is 1. The highest BCUT2D eigenvalue weighted by atomic mass is 16.5. The average Bonchev–Trinajstić information content (AvgIpc) is 2.63. The van der Waals surface area contributed by atoms with Crippen LogP contribution in [0.1, 0.15) is 25.0 Å². The Morgan fingerprint density at radius 1 is 1.00 bits per heavy atom. The predicted molar refractivity (Wildman–Crippen MR) is 97.0 cm³/mol. The summed E-state index contributed by atoms with van der Waals surface area (Å²) in [6.45, 7) is 4.71. The van der Waals surface area contributed by atoms with Crippen molar-refractivity contribution in [2.24, 2.45) is 0 Å². The molecule has 0 saturated heterocycles. The first-order valence-corrected chi connectivity index (χ1v) is 8.29. The number of nitrogens with zero attached hydrogens (tertiary/aromatic N) is 1. The lowest BCUT2D eigenvalue weighted by Crippen LogP contribution is -2.30. The van der Waals surface area contributed by atoms with Crippen LogP contribution in [-0.4, -0.2) is 36.2 Å². The van der Waals surface area contributed by atoms with Gasteiger partial charge in [-0.15, -0.1) is 0 Å². The van der Waals surface area contributed by atoms with Crippen molar-refractivity contribution in [1.29, 1.82) is 0 Å². The van der Waals surface area contributed by atoms with Crippen molar-refractivity contribution < 1.29 is 14.6 Å². The molecule has 2 aromatic rings. The fraction of sp³-hybridized carbons (Fsp3) is 0.350. The number of hydrogen-bond donors (Lipinski definition) is 1. The summed E-state index contributed by atoms with van der Waals surface area (Å²) in [5, 5.41) is 8.87. The third kappa shape index (κ3) is 6.84. The van der Waals surface area contributed by atoms with Crippen LogP contribution in [0.25, 0.3) is 0 Å². The average molecular weight is 329 g/mol. The van der Waals surface area contributed by atoms with Crippen LogP contribution in [0, 0.1) is 0 Å². The van der Waals surface area contributed by atoms with E-state index in [1.165, 1.54) is 0 Å². The largest absolute Gasteiger partial charge is 0.484 e. The maximum Gasteiger partial charge on any atom is 0.260 e. The lowest BCUT2D eigenvalue weighted by molar-refractivity contribution is -0.132. The molecule has 4 heteroatoms. The Bertz CT molecular complexity index is 582. The first-order chi connectivity index (χ1) is 11.7. The Morgan fingerprint density at radius 3 is 2.21 bits per heavy atom. The first-order valence-electron chi connectivity index (χ1n) is 8.29. The van der Waals surface area contributed by atoms with Gasteiger partial charge < -0.3 is 14.7 Å². The lowest BCUT2D eigenvalue weighted by Gasteiger charge is -2.17. The van der Waals surface area contributed by atoms with Crippen LogP contribution in [0.15, 0.2) is 54.6 Å². The van der Waals surface area contributed by atoms with Crippen molar-refractivity contribution >= 4 is 5.91 Å². The maximum atomic E-state index is 12.1.